The normalized spacial score (nSPS) is 43.5. The molecule has 1 aromatic rings. The number of rotatable bonds is 12. The van der Waals surface area contributed by atoms with Crippen molar-refractivity contribution in [2.24, 2.45) is 165 Å². The number of aliphatic carboxylic acids is 6. The topological polar surface area (TPSA) is 224 Å². The smallest absolute Gasteiger partial charge is 0.309 e. The van der Waals surface area contributed by atoms with Gasteiger partial charge in [-0.2, -0.15) is 0 Å². The molecule has 132 heavy (non-hydrogen) atoms. The van der Waals surface area contributed by atoms with Crippen LogP contribution in [0.4, 0.5) is 0 Å². The minimum Gasteiger partial charge on any atom is -0.481 e. The van der Waals surface area contributed by atoms with E-state index >= 15 is 0 Å². The van der Waals surface area contributed by atoms with Crippen molar-refractivity contribution in [3.05, 3.63) is 130 Å². The Hall–Kier alpha value is -6.04. The maximum atomic E-state index is 12.0. The van der Waals surface area contributed by atoms with Crippen molar-refractivity contribution in [3.63, 3.8) is 0 Å². The summed E-state index contributed by atoms with van der Waals surface area (Å²) in [5.41, 5.74) is 11.7. The molecule has 17 aliphatic rings. The Morgan fingerprint density at radius 3 is 1.33 bits per heavy atom. The van der Waals surface area contributed by atoms with Crippen LogP contribution in [0, 0.1) is 165 Å². The minimum absolute atomic E-state index is 0.0223. The molecule has 11 saturated carbocycles. The summed E-state index contributed by atoms with van der Waals surface area (Å²) in [7, 11) is 0. The van der Waals surface area contributed by atoms with Crippen molar-refractivity contribution in [3.8, 4) is 0 Å². The lowest BCUT2D eigenvalue weighted by Gasteiger charge is -2.60. The van der Waals surface area contributed by atoms with E-state index in [0.717, 1.165) is 184 Å². The van der Waals surface area contributed by atoms with Gasteiger partial charge >= 0.3 is 35.8 Å². The lowest BCUT2D eigenvalue weighted by atomic mass is 9.43. The molecular weight excluding hydrogens is 1630 g/mol. The summed E-state index contributed by atoms with van der Waals surface area (Å²) in [6, 6.07) is 6.92. The third-order valence-electron chi connectivity index (χ3n) is 43.6. The first kappa shape index (κ1) is 103. The van der Waals surface area contributed by atoms with Crippen molar-refractivity contribution in [1.29, 1.82) is 0 Å². The number of benzene rings is 1. The lowest BCUT2D eigenvalue weighted by Crippen LogP contribution is -2.56. The van der Waals surface area contributed by atoms with Gasteiger partial charge in [-0.15, -0.1) is 13.2 Å². The first-order valence-corrected chi connectivity index (χ1v) is 53.7. The molecule has 12 heteroatoms. The van der Waals surface area contributed by atoms with Crippen LogP contribution in [0.5, 0.6) is 0 Å². The minimum atomic E-state index is -0.606. The van der Waals surface area contributed by atoms with Crippen LogP contribution in [-0.4, -0.2) is 66.5 Å². The summed E-state index contributed by atoms with van der Waals surface area (Å²) in [5, 5.41) is 59.0. The maximum Gasteiger partial charge on any atom is 0.309 e. The molecule has 18 rings (SSSR count). The van der Waals surface area contributed by atoms with Gasteiger partial charge in [0.2, 0.25) is 0 Å². The van der Waals surface area contributed by atoms with Crippen LogP contribution >= 0.6 is 0 Å². The quantitative estimate of drug-likeness (QED) is 0.108. The Labute approximate surface area is 799 Å². The van der Waals surface area contributed by atoms with Gasteiger partial charge in [-0.3, -0.25) is 28.8 Å². The molecule has 0 aromatic heterocycles. The standard InChI is InChI=1S/C20H34O2.2C20H30O2.C20H28O2.2C20H30O2/c4*1-13(2)14-6-8-16-15(12-14)7-9-17-19(16,3)10-5-11-20(17,4)18(21)22;2*1-5-18(2)12-9-15-14(13-18)7-8-16-19(15,3)10-6-11-20(16,4)17(21)22/h13-17H,5-12H2,1-4H3,(H,21,22);7,12-13,16-17H,5-6,8-11H2,1-4H3,(H,21,22);6,12-13,16-17H,5,7-11H2,1-4H3,(H,21,22);6,8,12-13,17H,5,7,9-11H2,1-4H3,(H,21,22);5,13,15-16H,1,6-12H2,2-4H3,(H,21,22);5,7,15-16H,1,6,8-13H2,2-4H3,(H,21,22)/t;;;;2*15?,16?,18-,19?,20?/m....10/s1. The highest BCUT2D eigenvalue weighted by molar-refractivity contribution is 5.78. The highest BCUT2D eigenvalue weighted by atomic mass is 16.4. The average molecular weight is 1820 g/mol. The van der Waals surface area contributed by atoms with Crippen LogP contribution in [0.25, 0.3) is 0 Å². The molecule has 11 fully saturated rings. The molecule has 734 valence electrons. The number of hydrogen-bond donors (Lipinski definition) is 6. The van der Waals surface area contributed by atoms with E-state index in [0.29, 0.717) is 59.2 Å². The monoisotopic (exact) mass is 1820 g/mol. The summed E-state index contributed by atoms with van der Waals surface area (Å²) in [6.45, 7) is 57.2. The number of aryl methyl sites for hydroxylation is 1. The fraction of sp³-hybridized carbons (Fsp3) is 0.767. The van der Waals surface area contributed by atoms with Gasteiger partial charge in [0.05, 0.1) is 32.5 Å². The second-order valence-corrected chi connectivity index (χ2v) is 52.1. The summed E-state index contributed by atoms with van der Waals surface area (Å²) in [6.07, 6.45) is 61.3. The summed E-state index contributed by atoms with van der Waals surface area (Å²) >= 11 is 0. The van der Waals surface area contributed by atoms with E-state index in [-0.39, 0.29) is 61.1 Å². The fourth-order valence-corrected chi connectivity index (χ4v) is 34.9. The molecule has 17 aliphatic carbocycles. The van der Waals surface area contributed by atoms with Gasteiger partial charge in [0, 0.05) is 5.41 Å². The van der Waals surface area contributed by atoms with Crippen LogP contribution in [-0.2, 0) is 40.6 Å². The third kappa shape index (κ3) is 18.3. The van der Waals surface area contributed by atoms with Crippen LogP contribution in [0.3, 0.4) is 0 Å². The molecule has 25 unspecified atom stereocenters. The molecule has 27 atom stereocenters. The zero-order chi connectivity index (χ0) is 96.8. The molecule has 0 amide bonds. The Kier molecular flexibility index (Phi) is 30.0. The molecule has 0 aliphatic heterocycles. The van der Waals surface area contributed by atoms with Crippen molar-refractivity contribution >= 4 is 35.8 Å². The van der Waals surface area contributed by atoms with Crippen LogP contribution in [0.2, 0.25) is 0 Å². The second kappa shape index (κ2) is 38.3. The second-order valence-electron chi connectivity index (χ2n) is 52.1. The van der Waals surface area contributed by atoms with E-state index in [1.54, 1.807) is 22.3 Å². The van der Waals surface area contributed by atoms with E-state index in [1.807, 2.05) is 41.5 Å². The fourth-order valence-electron chi connectivity index (χ4n) is 34.9. The van der Waals surface area contributed by atoms with E-state index < -0.39 is 68.3 Å². The Balaban J connectivity index is 0.000000135. The van der Waals surface area contributed by atoms with Gasteiger partial charge in [0.15, 0.2) is 0 Å². The number of allylic oxidation sites excluding steroid dienone is 14. The van der Waals surface area contributed by atoms with Crippen molar-refractivity contribution in [2.75, 3.05) is 0 Å². The predicted octanol–water partition coefficient (Wildman–Crippen LogP) is 31.1. The first-order valence-electron chi connectivity index (χ1n) is 53.7. The predicted molar refractivity (Wildman–Crippen MR) is 537 cm³/mol. The number of fused-ring (bicyclic) bond motifs is 18. The first-order chi connectivity index (χ1) is 61.7. The number of hydrogen-bond acceptors (Lipinski definition) is 6. The van der Waals surface area contributed by atoms with E-state index in [4.69, 9.17) is 0 Å². The molecule has 6 N–H and O–H groups in total. The van der Waals surface area contributed by atoms with Gasteiger partial charge < -0.3 is 30.6 Å². The Morgan fingerprint density at radius 1 is 0.379 bits per heavy atom. The molecule has 0 saturated heterocycles. The van der Waals surface area contributed by atoms with E-state index in [1.165, 1.54) is 118 Å². The maximum absolute atomic E-state index is 12.0. The van der Waals surface area contributed by atoms with Crippen molar-refractivity contribution < 1.29 is 59.4 Å². The molecule has 0 spiro atoms. The van der Waals surface area contributed by atoms with Gasteiger partial charge in [0.25, 0.3) is 0 Å². The number of carboxylic acids is 6. The van der Waals surface area contributed by atoms with E-state index in [2.05, 4.69) is 191 Å². The third-order valence-corrected chi connectivity index (χ3v) is 43.6. The zero-order valence-corrected chi connectivity index (χ0v) is 86.8. The Bertz CT molecular complexity index is 4680. The molecule has 0 heterocycles. The zero-order valence-electron chi connectivity index (χ0n) is 86.8. The van der Waals surface area contributed by atoms with Crippen molar-refractivity contribution in [2.45, 2.75) is 414 Å². The molecule has 12 nitrogen and oxygen atoms in total. The molecule has 0 radical (unpaired) electrons. The van der Waals surface area contributed by atoms with Gasteiger partial charge in [-0.05, 0) is 420 Å². The van der Waals surface area contributed by atoms with Crippen LogP contribution in [0.1, 0.15) is 419 Å². The van der Waals surface area contributed by atoms with Crippen LogP contribution < -0.4 is 0 Å². The highest BCUT2D eigenvalue weighted by Gasteiger charge is 2.65. The highest BCUT2D eigenvalue weighted by Crippen LogP contribution is 2.71. The lowest BCUT2D eigenvalue weighted by molar-refractivity contribution is -0.173. The largest absolute Gasteiger partial charge is 0.481 e. The average Bonchev–Trinajstić information content (AvgIpc) is 0.758. The summed E-state index contributed by atoms with van der Waals surface area (Å²) in [5.74, 6) is 5.77. The van der Waals surface area contributed by atoms with Gasteiger partial charge in [0.1, 0.15) is 0 Å². The molecule has 1 aromatic carbocycles. The molecular formula is C120H182O12. The van der Waals surface area contributed by atoms with Gasteiger partial charge in [-0.25, -0.2) is 0 Å². The Morgan fingerprint density at radius 2 is 0.833 bits per heavy atom. The van der Waals surface area contributed by atoms with Gasteiger partial charge in [-0.1, -0.05) is 238 Å². The molecule has 0 bridgehead atoms. The SMILES string of the molecule is C=C[C@@]1(C)C=C2CCC3C(C)(C(=O)O)CCCC3(C)C2CC1.C=C[C@@]1(C)CCC2C(=CCC3C(C)(C(=O)O)CCCC23C)C1.CC(C)C1=CC2=CCC3C(C)(C(=O)O)CCCC3(C)C2CC1.CC(C)C1=CCC2C(=C1)CCC1C(C)(C(=O)O)CCCC21C.CC(C)C1CCC2C(CCC3C(C)(C(=O)O)CCCC23C)C1.CC(C)c1ccc2c(c1)CCC1C(C)(C(=O)O)CCCC21C. The van der Waals surface area contributed by atoms with Crippen LogP contribution in [0.15, 0.2) is 113 Å². The number of carbonyl (C=O) groups is 6. The number of carboxylic acid groups (broad SMARTS) is 6. The van der Waals surface area contributed by atoms with Crippen molar-refractivity contribution in [1.82, 2.24) is 0 Å². The summed E-state index contributed by atoms with van der Waals surface area (Å²) < 4.78 is 0. The summed E-state index contributed by atoms with van der Waals surface area (Å²) in [4.78, 5) is 71.7. The van der Waals surface area contributed by atoms with E-state index in [9.17, 15) is 59.4 Å².